The molecule has 3 nitrogen and oxygen atoms in total. The van der Waals surface area contributed by atoms with Crippen LogP contribution in [0.3, 0.4) is 0 Å². The van der Waals surface area contributed by atoms with Gasteiger partial charge in [0.05, 0.1) is 5.69 Å². The summed E-state index contributed by atoms with van der Waals surface area (Å²) < 4.78 is 18.3. The van der Waals surface area contributed by atoms with Crippen molar-refractivity contribution in [1.82, 2.24) is 0 Å². The molecule has 0 saturated heterocycles. The Morgan fingerprint density at radius 3 is 2.56 bits per heavy atom. The number of fused-ring (bicyclic) bond motifs is 1. The summed E-state index contributed by atoms with van der Waals surface area (Å²) in [4.78, 5) is 13.5. The van der Waals surface area contributed by atoms with Crippen LogP contribution < -0.4 is 9.64 Å². The largest absolute Gasteiger partial charge is 0.482 e. The zero-order chi connectivity index (χ0) is 12.5. The van der Waals surface area contributed by atoms with Gasteiger partial charge < -0.3 is 4.74 Å². The molecule has 0 saturated carbocycles. The Morgan fingerprint density at radius 2 is 1.78 bits per heavy atom. The van der Waals surface area contributed by atoms with Gasteiger partial charge in [0.2, 0.25) is 0 Å². The lowest BCUT2D eigenvalue weighted by Gasteiger charge is -2.29. The number of amides is 1. The third-order valence-electron chi connectivity index (χ3n) is 2.79. The van der Waals surface area contributed by atoms with E-state index in [0.29, 0.717) is 17.1 Å². The molecular weight excluding hydrogens is 233 g/mol. The highest BCUT2D eigenvalue weighted by Gasteiger charge is 2.26. The number of ether oxygens (including phenoxy) is 1. The maximum atomic E-state index is 12.9. The summed E-state index contributed by atoms with van der Waals surface area (Å²) >= 11 is 0. The van der Waals surface area contributed by atoms with Gasteiger partial charge in [0.1, 0.15) is 11.6 Å². The Balaban J connectivity index is 2.10. The lowest BCUT2D eigenvalue weighted by atomic mass is 10.2. The SMILES string of the molecule is O=C1COc2ccccc2N1c1ccc(F)cc1. The quantitative estimate of drug-likeness (QED) is 0.770. The molecule has 0 aliphatic carbocycles. The van der Waals surface area contributed by atoms with Gasteiger partial charge in [-0.2, -0.15) is 0 Å². The van der Waals surface area contributed by atoms with Gasteiger partial charge in [0, 0.05) is 5.69 Å². The molecule has 3 rings (SSSR count). The smallest absolute Gasteiger partial charge is 0.269 e. The second-order valence-corrected chi connectivity index (χ2v) is 3.96. The summed E-state index contributed by atoms with van der Waals surface area (Å²) in [6.45, 7) is -0.00557. The minimum absolute atomic E-state index is 0.00557. The Labute approximate surface area is 103 Å². The van der Waals surface area contributed by atoms with Crippen molar-refractivity contribution in [3.63, 3.8) is 0 Å². The van der Waals surface area contributed by atoms with Gasteiger partial charge in [-0.05, 0) is 36.4 Å². The predicted molar refractivity (Wildman–Crippen MR) is 65.5 cm³/mol. The second-order valence-electron chi connectivity index (χ2n) is 3.96. The molecule has 18 heavy (non-hydrogen) atoms. The van der Waals surface area contributed by atoms with Gasteiger partial charge in [-0.3, -0.25) is 9.69 Å². The van der Waals surface area contributed by atoms with Crippen LogP contribution in [-0.4, -0.2) is 12.5 Å². The van der Waals surface area contributed by atoms with Gasteiger partial charge in [-0.15, -0.1) is 0 Å². The highest BCUT2D eigenvalue weighted by Crippen LogP contribution is 2.36. The number of benzene rings is 2. The molecule has 0 aromatic heterocycles. The van der Waals surface area contributed by atoms with E-state index in [2.05, 4.69) is 0 Å². The molecule has 2 aromatic carbocycles. The van der Waals surface area contributed by atoms with Crippen molar-refractivity contribution < 1.29 is 13.9 Å². The Hall–Kier alpha value is -2.36. The fourth-order valence-corrected chi connectivity index (χ4v) is 1.98. The molecule has 0 bridgehead atoms. The summed E-state index contributed by atoms with van der Waals surface area (Å²) in [6.07, 6.45) is 0. The normalized spacial score (nSPS) is 14.1. The fourth-order valence-electron chi connectivity index (χ4n) is 1.98. The molecule has 0 fully saturated rings. The lowest BCUT2D eigenvalue weighted by molar-refractivity contribution is -0.120. The highest BCUT2D eigenvalue weighted by molar-refractivity contribution is 6.04. The van der Waals surface area contributed by atoms with E-state index < -0.39 is 0 Å². The maximum absolute atomic E-state index is 12.9. The van der Waals surface area contributed by atoms with Gasteiger partial charge in [-0.25, -0.2) is 4.39 Å². The van der Waals surface area contributed by atoms with E-state index in [-0.39, 0.29) is 18.3 Å². The number of nitrogens with zero attached hydrogens (tertiary/aromatic N) is 1. The van der Waals surface area contributed by atoms with Crippen LogP contribution in [-0.2, 0) is 4.79 Å². The molecule has 0 spiro atoms. The average Bonchev–Trinajstić information content (AvgIpc) is 2.40. The molecule has 4 heteroatoms. The standard InChI is InChI=1S/C14H10FNO2/c15-10-5-7-11(8-6-10)16-12-3-1-2-4-13(12)18-9-14(16)17/h1-8H,9H2. The first-order chi connectivity index (χ1) is 8.75. The van der Waals surface area contributed by atoms with Crippen molar-refractivity contribution in [3.05, 3.63) is 54.3 Å². The van der Waals surface area contributed by atoms with Gasteiger partial charge in [0.15, 0.2) is 6.61 Å². The first-order valence-corrected chi connectivity index (χ1v) is 5.56. The molecule has 1 aliphatic heterocycles. The van der Waals surface area contributed by atoms with Gasteiger partial charge in [0.25, 0.3) is 5.91 Å². The molecule has 0 unspecified atom stereocenters. The predicted octanol–water partition coefficient (Wildman–Crippen LogP) is 2.88. The third kappa shape index (κ3) is 1.72. The van der Waals surface area contributed by atoms with Crippen LogP contribution in [0.25, 0.3) is 0 Å². The van der Waals surface area contributed by atoms with Crippen molar-refractivity contribution in [2.24, 2.45) is 0 Å². The van der Waals surface area contributed by atoms with Crippen LogP contribution in [0.5, 0.6) is 5.75 Å². The van der Waals surface area contributed by atoms with Crippen LogP contribution in [0.4, 0.5) is 15.8 Å². The summed E-state index contributed by atoms with van der Waals surface area (Å²) in [7, 11) is 0. The van der Waals surface area contributed by atoms with Crippen molar-refractivity contribution in [2.75, 3.05) is 11.5 Å². The number of carbonyl (C=O) groups excluding carboxylic acids is 1. The zero-order valence-electron chi connectivity index (χ0n) is 9.47. The molecule has 1 aliphatic rings. The summed E-state index contributed by atoms with van der Waals surface area (Å²) in [5.74, 6) is 0.162. The van der Waals surface area contributed by atoms with Crippen LogP contribution in [0.2, 0.25) is 0 Å². The van der Waals surface area contributed by atoms with Crippen LogP contribution in [0, 0.1) is 5.82 Å². The van der Waals surface area contributed by atoms with Crippen LogP contribution in [0.15, 0.2) is 48.5 Å². The minimum atomic E-state index is -0.326. The van der Waals surface area contributed by atoms with E-state index in [9.17, 15) is 9.18 Å². The molecule has 0 radical (unpaired) electrons. The molecule has 1 amide bonds. The summed E-state index contributed by atoms with van der Waals surface area (Å²) in [5.41, 5.74) is 1.32. The second kappa shape index (κ2) is 4.14. The molecule has 1 heterocycles. The lowest BCUT2D eigenvalue weighted by Crippen LogP contribution is -2.35. The Morgan fingerprint density at radius 1 is 1.06 bits per heavy atom. The van der Waals surface area contributed by atoms with Gasteiger partial charge in [-0.1, -0.05) is 12.1 Å². The Kier molecular flexibility index (Phi) is 2.48. The van der Waals surface area contributed by atoms with Crippen molar-refractivity contribution in [3.8, 4) is 5.75 Å². The number of para-hydroxylation sites is 2. The summed E-state index contributed by atoms with van der Waals surface area (Å²) in [6, 6.07) is 13.1. The molecule has 90 valence electrons. The average molecular weight is 243 g/mol. The first-order valence-electron chi connectivity index (χ1n) is 5.56. The van der Waals surface area contributed by atoms with E-state index in [0.717, 1.165) is 0 Å². The van der Waals surface area contributed by atoms with Crippen LogP contribution in [0.1, 0.15) is 0 Å². The molecular formula is C14H10FNO2. The fraction of sp³-hybridized carbons (Fsp3) is 0.0714. The van der Waals surface area contributed by atoms with E-state index in [4.69, 9.17) is 4.74 Å². The summed E-state index contributed by atoms with van der Waals surface area (Å²) in [5, 5.41) is 0. The van der Waals surface area contributed by atoms with Crippen LogP contribution >= 0.6 is 0 Å². The van der Waals surface area contributed by atoms with E-state index >= 15 is 0 Å². The minimum Gasteiger partial charge on any atom is -0.482 e. The first kappa shape index (κ1) is 10.8. The molecule has 0 N–H and O–H groups in total. The third-order valence-corrected chi connectivity index (χ3v) is 2.79. The number of halogens is 1. The number of hydrogen-bond donors (Lipinski definition) is 0. The van der Waals surface area contributed by atoms with Crippen molar-refractivity contribution in [2.45, 2.75) is 0 Å². The van der Waals surface area contributed by atoms with Crippen molar-refractivity contribution >= 4 is 17.3 Å². The van der Waals surface area contributed by atoms with E-state index in [1.165, 1.54) is 17.0 Å². The number of carbonyl (C=O) groups is 1. The zero-order valence-corrected chi connectivity index (χ0v) is 9.47. The van der Waals surface area contributed by atoms with Crippen molar-refractivity contribution in [1.29, 1.82) is 0 Å². The number of hydrogen-bond acceptors (Lipinski definition) is 2. The molecule has 2 aromatic rings. The highest BCUT2D eigenvalue weighted by atomic mass is 19.1. The molecule has 0 atom stereocenters. The number of anilines is 2. The maximum Gasteiger partial charge on any atom is 0.269 e. The number of rotatable bonds is 1. The van der Waals surface area contributed by atoms with Gasteiger partial charge >= 0.3 is 0 Å². The topological polar surface area (TPSA) is 29.5 Å². The van der Waals surface area contributed by atoms with E-state index in [1.54, 1.807) is 24.3 Å². The van der Waals surface area contributed by atoms with E-state index in [1.807, 2.05) is 12.1 Å². The monoisotopic (exact) mass is 243 g/mol. The Bertz CT molecular complexity index is 595.